The van der Waals surface area contributed by atoms with Crippen molar-refractivity contribution >= 4 is 17.5 Å². The van der Waals surface area contributed by atoms with Gasteiger partial charge in [0.2, 0.25) is 5.91 Å². The van der Waals surface area contributed by atoms with Crippen LogP contribution in [0.3, 0.4) is 0 Å². The minimum absolute atomic E-state index is 0.0336. The number of ketones is 1. The highest BCUT2D eigenvalue weighted by molar-refractivity contribution is 6.00. The molecule has 1 aliphatic heterocycles. The molecule has 0 bridgehead atoms. The van der Waals surface area contributed by atoms with Crippen LogP contribution in [0.5, 0.6) is 5.75 Å². The van der Waals surface area contributed by atoms with Crippen molar-refractivity contribution in [1.82, 2.24) is 20.3 Å². The second-order valence-corrected chi connectivity index (χ2v) is 11.6. The summed E-state index contributed by atoms with van der Waals surface area (Å²) in [6.07, 6.45) is 5.37. The van der Waals surface area contributed by atoms with Crippen molar-refractivity contribution in [2.75, 3.05) is 31.7 Å². The molecule has 1 aliphatic carbocycles. The molecule has 0 aromatic carbocycles. The molecule has 1 unspecified atom stereocenters. The fourth-order valence-corrected chi connectivity index (χ4v) is 4.54. The number of nitrogens with one attached hydrogen (secondary N) is 1. The van der Waals surface area contributed by atoms with E-state index in [2.05, 4.69) is 15.3 Å². The monoisotopic (exact) mass is 525 g/mol. The molecule has 3 heterocycles. The molecule has 0 saturated carbocycles. The summed E-state index contributed by atoms with van der Waals surface area (Å²) in [5.74, 6) is 1.30. The van der Waals surface area contributed by atoms with Crippen molar-refractivity contribution in [3.63, 3.8) is 0 Å². The molecule has 2 aliphatic rings. The number of ether oxygens (including phenoxy) is 3. The van der Waals surface area contributed by atoms with Gasteiger partial charge in [-0.2, -0.15) is 0 Å². The fraction of sp³-hybridized carbons (Fsp3) is 0.607. The SMILES string of the molecule is CN(CC(=O)NC(C)(C)C)c1nc(-c2cc(OCC(C)(C)OC3CCCCO3)ccn2)nc2c1CCC2=O. The van der Waals surface area contributed by atoms with E-state index in [0.717, 1.165) is 31.4 Å². The molecule has 1 saturated heterocycles. The zero-order valence-corrected chi connectivity index (χ0v) is 23.3. The number of Topliss-reactive ketones (excluding diaryl/α,β-unsaturated/α-hetero) is 1. The van der Waals surface area contributed by atoms with Gasteiger partial charge in [-0.15, -0.1) is 0 Å². The van der Waals surface area contributed by atoms with E-state index in [-0.39, 0.29) is 30.1 Å². The van der Waals surface area contributed by atoms with Crippen LogP contribution in [0.25, 0.3) is 11.5 Å². The molecule has 2 aromatic heterocycles. The van der Waals surface area contributed by atoms with Gasteiger partial charge in [0.05, 0.1) is 12.1 Å². The summed E-state index contributed by atoms with van der Waals surface area (Å²) >= 11 is 0. The van der Waals surface area contributed by atoms with Gasteiger partial charge in [0.15, 0.2) is 17.9 Å². The van der Waals surface area contributed by atoms with Gasteiger partial charge in [0, 0.05) is 43.4 Å². The highest BCUT2D eigenvalue weighted by Gasteiger charge is 2.30. The van der Waals surface area contributed by atoms with Crippen molar-refractivity contribution in [2.45, 2.75) is 84.2 Å². The molecule has 10 heteroatoms. The molecule has 0 radical (unpaired) electrons. The lowest BCUT2D eigenvalue weighted by Gasteiger charge is -2.32. The molecular formula is C28H39N5O5. The van der Waals surface area contributed by atoms with E-state index >= 15 is 0 Å². The summed E-state index contributed by atoms with van der Waals surface area (Å²) < 4.78 is 17.9. The second kappa shape index (κ2) is 11.3. The van der Waals surface area contributed by atoms with Gasteiger partial charge in [0.1, 0.15) is 29.6 Å². The molecule has 2 aromatic rings. The highest BCUT2D eigenvalue weighted by atomic mass is 16.7. The number of hydrogen-bond acceptors (Lipinski definition) is 9. The van der Waals surface area contributed by atoms with E-state index < -0.39 is 5.60 Å². The zero-order valence-electron chi connectivity index (χ0n) is 23.3. The van der Waals surface area contributed by atoms with E-state index in [0.29, 0.717) is 48.2 Å². The fourth-order valence-electron chi connectivity index (χ4n) is 4.54. The molecular weight excluding hydrogens is 486 g/mol. The Balaban J connectivity index is 1.52. The molecule has 1 amide bonds. The Labute approximate surface area is 224 Å². The number of carbonyl (C=O) groups is 2. The molecule has 10 nitrogen and oxygen atoms in total. The van der Waals surface area contributed by atoms with Gasteiger partial charge < -0.3 is 24.4 Å². The van der Waals surface area contributed by atoms with Crippen LogP contribution in [-0.2, 0) is 20.7 Å². The van der Waals surface area contributed by atoms with Crippen molar-refractivity contribution in [2.24, 2.45) is 0 Å². The minimum atomic E-state index is -0.550. The number of fused-ring (bicyclic) bond motifs is 1. The first-order chi connectivity index (χ1) is 17.9. The average Bonchev–Trinajstić information content (AvgIpc) is 3.22. The summed E-state index contributed by atoms with van der Waals surface area (Å²) in [5.41, 5.74) is 0.739. The molecule has 0 spiro atoms. The van der Waals surface area contributed by atoms with Gasteiger partial charge in [-0.25, -0.2) is 9.97 Å². The summed E-state index contributed by atoms with van der Waals surface area (Å²) in [6.45, 7) is 10.9. The van der Waals surface area contributed by atoms with Gasteiger partial charge in [-0.3, -0.25) is 14.6 Å². The van der Waals surface area contributed by atoms with Gasteiger partial charge in [-0.05, 0) is 66.4 Å². The molecule has 1 fully saturated rings. The lowest BCUT2D eigenvalue weighted by molar-refractivity contribution is -0.221. The maximum atomic E-state index is 12.6. The summed E-state index contributed by atoms with van der Waals surface area (Å²) in [5, 5.41) is 2.96. The van der Waals surface area contributed by atoms with Crippen molar-refractivity contribution < 1.29 is 23.8 Å². The topological polar surface area (TPSA) is 116 Å². The number of likely N-dealkylation sites (N-methyl/N-ethyl adjacent to an activating group) is 1. The van der Waals surface area contributed by atoms with E-state index in [1.165, 1.54) is 0 Å². The van der Waals surface area contributed by atoms with Crippen molar-refractivity contribution in [1.29, 1.82) is 0 Å². The Morgan fingerprint density at radius 3 is 2.68 bits per heavy atom. The predicted octanol–water partition coefficient (Wildman–Crippen LogP) is 3.72. The summed E-state index contributed by atoms with van der Waals surface area (Å²) in [4.78, 5) is 40.7. The van der Waals surface area contributed by atoms with Crippen LogP contribution in [0.1, 0.15) is 76.4 Å². The highest BCUT2D eigenvalue weighted by Crippen LogP contribution is 2.31. The predicted molar refractivity (Wildman–Crippen MR) is 143 cm³/mol. The van der Waals surface area contributed by atoms with E-state index in [9.17, 15) is 9.59 Å². The van der Waals surface area contributed by atoms with Crippen LogP contribution >= 0.6 is 0 Å². The number of amides is 1. The van der Waals surface area contributed by atoms with Crippen molar-refractivity contribution in [3.8, 4) is 17.3 Å². The van der Waals surface area contributed by atoms with Crippen LogP contribution in [0.15, 0.2) is 18.3 Å². The third-order valence-corrected chi connectivity index (χ3v) is 6.24. The maximum absolute atomic E-state index is 12.6. The molecule has 206 valence electrons. The van der Waals surface area contributed by atoms with E-state index in [1.54, 1.807) is 30.3 Å². The van der Waals surface area contributed by atoms with Crippen LogP contribution in [0.2, 0.25) is 0 Å². The summed E-state index contributed by atoms with van der Waals surface area (Å²) in [6, 6.07) is 3.52. The first-order valence-electron chi connectivity index (χ1n) is 13.3. The van der Waals surface area contributed by atoms with Crippen LogP contribution in [0, 0.1) is 0 Å². The standard InChI is InChI=1S/C28H39N5O5/c1-27(2,3)32-22(35)16-33(6)26-19-10-11-21(34)24(19)30-25(31-26)20-15-18(12-13-29-20)37-17-28(4,5)38-23-9-7-8-14-36-23/h12-13,15,23H,7-11,14,16-17H2,1-6H3,(H,32,35). The minimum Gasteiger partial charge on any atom is -0.490 e. The zero-order chi connectivity index (χ0) is 27.5. The third kappa shape index (κ3) is 7.26. The first kappa shape index (κ1) is 27.9. The third-order valence-electron chi connectivity index (χ3n) is 6.24. The number of pyridine rings is 1. The lowest BCUT2D eigenvalue weighted by atomic mass is 10.1. The molecule has 1 atom stereocenters. The number of hydrogen-bond donors (Lipinski definition) is 1. The van der Waals surface area contributed by atoms with E-state index in [4.69, 9.17) is 19.2 Å². The number of nitrogens with zero attached hydrogens (tertiary/aromatic N) is 4. The smallest absolute Gasteiger partial charge is 0.239 e. The van der Waals surface area contributed by atoms with Crippen molar-refractivity contribution in [3.05, 3.63) is 29.6 Å². The van der Waals surface area contributed by atoms with Gasteiger partial charge in [0.25, 0.3) is 0 Å². The van der Waals surface area contributed by atoms with Gasteiger partial charge in [-0.1, -0.05) is 0 Å². The Kier molecular flexibility index (Phi) is 8.32. The number of aromatic nitrogens is 3. The quantitative estimate of drug-likeness (QED) is 0.523. The normalized spacial score (nSPS) is 17.7. The van der Waals surface area contributed by atoms with Crippen LogP contribution < -0.4 is 15.0 Å². The first-order valence-corrected chi connectivity index (χ1v) is 13.3. The Morgan fingerprint density at radius 2 is 1.97 bits per heavy atom. The largest absolute Gasteiger partial charge is 0.490 e. The Morgan fingerprint density at radius 1 is 1.18 bits per heavy atom. The molecule has 1 N–H and O–H groups in total. The number of rotatable bonds is 9. The Bertz CT molecular complexity index is 1170. The summed E-state index contributed by atoms with van der Waals surface area (Å²) in [7, 11) is 1.79. The second-order valence-electron chi connectivity index (χ2n) is 11.6. The Hall–Kier alpha value is -3.11. The van der Waals surface area contributed by atoms with Gasteiger partial charge >= 0.3 is 0 Å². The van der Waals surface area contributed by atoms with Crippen LogP contribution in [-0.4, -0.2) is 70.9 Å². The molecule has 38 heavy (non-hydrogen) atoms. The lowest BCUT2D eigenvalue weighted by Crippen LogP contribution is -2.45. The van der Waals surface area contributed by atoms with Crippen LogP contribution in [0.4, 0.5) is 5.82 Å². The average molecular weight is 526 g/mol. The molecule has 4 rings (SSSR count). The maximum Gasteiger partial charge on any atom is 0.239 e. The number of carbonyl (C=O) groups excluding carboxylic acids is 2. The van der Waals surface area contributed by atoms with E-state index in [1.807, 2.05) is 34.6 Å². The number of anilines is 1.